The van der Waals surface area contributed by atoms with E-state index in [9.17, 15) is 31.2 Å². The van der Waals surface area contributed by atoms with Gasteiger partial charge in [-0.3, -0.25) is 9.78 Å². The van der Waals surface area contributed by atoms with Gasteiger partial charge in [-0.2, -0.15) is 13.2 Å². The second-order valence-electron chi connectivity index (χ2n) is 8.59. The number of urea groups is 1. The van der Waals surface area contributed by atoms with E-state index in [1.165, 1.54) is 4.90 Å². The molecule has 0 N–H and O–H groups in total. The van der Waals surface area contributed by atoms with E-state index in [4.69, 9.17) is 4.74 Å². The number of alkyl halides is 3. The first-order chi connectivity index (χ1) is 16.6. The Morgan fingerprint density at radius 2 is 1.69 bits per heavy atom. The van der Waals surface area contributed by atoms with Crippen LogP contribution in [0, 0.1) is 0 Å². The van der Waals surface area contributed by atoms with Gasteiger partial charge in [-0.1, -0.05) is 0 Å². The molecule has 2 aliphatic heterocycles. The van der Waals surface area contributed by atoms with Gasteiger partial charge in [-0.05, 0) is 48.7 Å². The molecule has 3 fully saturated rings. The second kappa shape index (κ2) is 8.19. The van der Waals surface area contributed by atoms with Crippen LogP contribution < -0.4 is 9.80 Å². The van der Waals surface area contributed by atoms with E-state index in [-0.39, 0.29) is 12.2 Å². The van der Waals surface area contributed by atoms with Crippen LogP contribution in [-0.2, 0) is 25.9 Å². The number of hydrogen-bond donors (Lipinski definition) is 0. The number of anilines is 2. The molecule has 0 unspecified atom stereocenters. The maximum absolute atomic E-state index is 13.4. The number of morpholine rings is 1. The van der Waals surface area contributed by atoms with Crippen molar-refractivity contribution in [3.8, 4) is 0 Å². The van der Waals surface area contributed by atoms with Crippen LogP contribution in [0.2, 0.25) is 0 Å². The van der Waals surface area contributed by atoms with Crippen LogP contribution in [0.1, 0.15) is 18.4 Å². The molecule has 5 rings (SSSR count). The standard InChI is InChI=1S/C22H21F3N4O5S/c23-22(24,25)35(32,33)17-3-1-16(2-4-17)29-19(30)21(6-7-21)28(20(29)31)14-15-5-8-26-13-18(15)27-9-11-34-12-10-27/h1-5,8,13H,6-7,9-12,14H2. The van der Waals surface area contributed by atoms with E-state index < -0.39 is 37.7 Å². The minimum absolute atomic E-state index is 0.0121. The molecule has 1 saturated carbocycles. The third-order valence-electron chi connectivity index (χ3n) is 6.54. The highest BCUT2D eigenvalue weighted by atomic mass is 32.2. The van der Waals surface area contributed by atoms with Crippen LogP contribution in [0.15, 0.2) is 47.6 Å². The number of amides is 3. The summed E-state index contributed by atoms with van der Waals surface area (Å²) in [6.45, 7) is 2.60. The van der Waals surface area contributed by atoms with Crippen molar-refractivity contribution in [2.45, 2.75) is 35.3 Å². The van der Waals surface area contributed by atoms with Crippen molar-refractivity contribution in [1.29, 1.82) is 0 Å². The van der Waals surface area contributed by atoms with Gasteiger partial charge in [0.15, 0.2) is 0 Å². The molecule has 2 aromatic rings. The minimum atomic E-state index is -5.54. The van der Waals surface area contributed by atoms with Gasteiger partial charge in [0.1, 0.15) is 5.54 Å². The van der Waals surface area contributed by atoms with Crippen molar-refractivity contribution in [2.75, 3.05) is 36.1 Å². The number of hydrogen-bond acceptors (Lipinski definition) is 7. The highest BCUT2D eigenvalue weighted by molar-refractivity contribution is 7.92. The van der Waals surface area contributed by atoms with Crippen molar-refractivity contribution in [2.24, 2.45) is 0 Å². The Kier molecular flexibility index (Phi) is 5.51. The van der Waals surface area contributed by atoms with Crippen molar-refractivity contribution in [3.63, 3.8) is 0 Å². The summed E-state index contributed by atoms with van der Waals surface area (Å²) in [6, 6.07) is 4.77. The molecular weight excluding hydrogens is 489 g/mol. The zero-order valence-electron chi connectivity index (χ0n) is 18.4. The molecular formula is C22H21F3N4O5S. The maximum Gasteiger partial charge on any atom is 0.501 e. The number of pyridine rings is 1. The van der Waals surface area contributed by atoms with Crippen LogP contribution >= 0.6 is 0 Å². The largest absolute Gasteiger partial charge is 0.501 e. The topological polar surface area (TPSA) is 100 Å². The number of nitrogens with zero attached hydrogens (tertiary/aromatic N) is 4. The van der Waals surface area contributed by atoms with Gasteiger partial charge in [0.2, 0.25) is 0 Å². The lowest BCUT2D eigenvalue weighted by molar-refractivity contribution is -0.120. The van der Waals surface area contributed by atoms with Gasteiger partial charge >= 0.3 is 11.5 Å². The molecule has 35 heavy (non-hydrogen) atoms. The van der Waals surface area contributed by atoms with Crippen LogP contribution in [-0.4, -0.2) is 67.6 Å². The molecule has 1 spiro atoms. The van der Waals surface area contributed by atoms with Crippen molar-refractivity contribution < 1.29 is 35.9 Å². The predicted octanol–water partition coefficient (Wildman–Crippen LogP) is 2.71. The monoisotopic (exact) mass is 510 g/mol. The minimum Gasteiger partial charge on any atom is -0.378 e. The quantitative estimate of drug-likeness (QED) is 0.571. The summed E-state index contributed by atoms with van der Waals surface area (Å²) in [7, 11) is -5.54. The number of ether oxygens (including phenoxy) is 1. The van der Waals surface area contributed by atoms with E-state index in [0.717, 1.165) is 40.4 Å². The molecule has 0 radical (unpaired) electrons. The Morgan fingerprint density at radius 3 is 2.29 bits per heavy atom. The highest BCUT2D eigenvalue weighted by Crippen LogP contribution is 2.50. The zero-order chi connectivity index (χ0) is 25.0. The summed E-state index contributed by atoms with van der Waals surface area (Å²) >= 11 is 0. The molecule has 3 heterocycles. The van der Waals surface area contributed by atoms with E-state index >= 15 is 0 Å². The molecule has 186 valence electrons. The number of halogens is 3. The Hall–Kier alpha value is -3.19. The van der Waals surface area contributed by atoms with E-state index in [1.54, 1.807) is 18.5 Å². The fourth-order valence-electron chi connectivity index (χ4n) is 4.48. The van der Waals surface area contributed by atoms with Crippen LogP contribution in [0.5, 0.6) is 0 Å². The van der Waals surface area contributed by atoms with Gasteiger partial charge in [-0.25, -0.2) is 18.1 Å². The fraction of sp³-hybridized carbons (Fsp3) is 0.409. The fourth-order valence-corrected chi connectivity index (χ4v) is 5.24. The summed E-state index contributed by atoms with van der Waals surface area (Å²) in [5.41, 5.74) is -4.81. The van der Waals surface area contributed by atoms with E-state index in [2.05, 4.69) is 9.88 Å². The first-order valence-corrected chi connectivity index (χ1v) is 12.4. The van der Waals surface area contributed by atoms with Gasteiger partial charge in [0.25, 0.3) is 15.7 Å². The molecule has 0 bridgehead atoms. The zero-order valence-corrected chi connectivity index (χ0v) is 19.2. The lowest BCUT2D eigenvalue weighted by Gasteiger charge is -2.31. The van der Waals surface area contributed by atoms with Gasteiger partial charge < -0.3 is 14.5 Å². The SMILES string of the molecule is O=C1N(c2ccc(S(=O)(=O)C(F)(F)F)cc2)C(=O)C2(CC2)N1Cc1ccncc1N1CCOCC1. The summed E-state index contributed by atoms with van der Waals surface area (Å²) in [5.74, 6) is -0.476. The second-order valence-corrected chi connectivity index (χ2v) is 10.5. The number of rotatable bonds is 5. The van der Waals surface area contributed by atoms with Crippen molar-refractivity contribution >= 4 is 33.2 Å². The average molecular weight is 510 g/mol. The van der Waals surface area contributed by atoms with Crippen molar-refractivity contribution in [1.82, 2.24) is 9.88 Å². The number of sulfone groups is 1. The Labute approximate surface area is 199 Å². The van der Waals surface area contributed by atoms with Gasteiger partial charge in [-0.15, -0.1) is 0 Å². The molecule has 9 nitrogen and oxygen atoms in total. The van der Waals surface area contributed by atoms with E-state index in [1.807, 2.05) is 0 Å². The Bertz CT molecular complexity index is 1270. The number of imide groups is 1. The van der Waals surface area contributed by atoms with Crippen molar-refractivity contribution in [3.05, 3.63) is 48.3 Å². The molecule has 1 aliphatic carbocycles. The van der Waals surface area contributed by atoms with Crippen LogP contribution in [0.3, 0.4) is 0 Å². The summed E-state index contributed by atoms with van der Waals surface area (Å²) in [4.78, 5) is 34.4. The Balaban J connectivity index is 1.43. The predicted molar refractivity (Wildman–Crippen MR) is 117 cm³/mol. The molecule has 1 aromatic carbocycles. The third-order valence-corrected chi connectivity index (χ3v) is 8.04. The molecule has 1 aromatic heterocycles. The van der Waals surface area contributed by atoms with Crippen LogP contribution in [0.25, 0.3) is 0 Å². The van der Waals surface area contributed by atoms with Crippen LogP contribution in [0.4, 0.5) is 29.3 Å². The number of carbonyl (C=O) groups is 2. The first kappa shape index (κ1) is 23.5. The van der Waals surface area contributed by atoms with E-state index in [0.29, 0.717) is 39.1 Å². The molecule has 3 amide bonds. The molecule has 13 heteroatoms. The highest BCUT2D eigenvalue weighted by Gasteiger charge is 2.65. The number of aromatic nitrogens is 1. The first-order valence-electron chi connectivity index (χ1n) is 10.9. The Morgan fingerprint density at radius 1 is 1.03 bits per heavy atom. The summed E-state index contributed by atoms with van der Waals surface area (Å²) in [5, 5.41) is 0. The number of benzene rings is 1. The third kappa shape index (κ3) is 3.82. The summed E-state index contributed by atoms with van der Waals surface area (Å²) in [6.07, 6.45) is 4.25. The number of carbonyl (C=O) groups excluding carboxylic acids is 2. The summed E-state index contributed by atoms with van der Waals surface area (Å²) < 4.78 is 67.3. The average Bonchev–Trinajstić information content (AvgIpc) is 3.61. The maximum atomic E-state index is 13.4. The molecule has 3 aliphatic rings. The molecule has 2 saturated heterocycles. The van der Waals surface area contributed by atoms with Gasteiger partial charge in [0, 0.05) is 19.3 Å². The smallest absolute Gasteiger partial charge is 0.378 e. The molecule has 0 atom stereocenters. The normalized spacial score (nSPS) is 20.1. The lowest BCUT2D eigenvalue weighted by atomic mass is 10.1. The lowest BCUT2D eigenvalue weighted by Crippen LogP contribution is -2.39. The van der Waals surface area contributed by atoms with Gasteiger partial charge in [0.05, 0.1) is 42.2 Å².